The fraction of sp³-hybridized carbons (Fsp3) is 1.00. The van der Waals surface area contributed by atoms with Gasteiger partial charge >= 0.3 is 0 Å². The van der Waals surface area contributed by atoms with Crippen LogP contribution in [0, 0.1) is 17.8 Å². The molecule has 20 heavy (non-hydrogen) atoms. The summed E-state index contributed by atoms with van der Waals surface area (Å²) in [6, 6.07) is 0. The van der Waals surface area contributed by atoms with Gasteiger partial charge in [0.15, 0.2) is 6.29 Å². The molecule has 3 nitrogen and oxygen atoms in total. The van der Waals surface area contributed by atoms with Gasteiger partial charge in [-0.15, -0.1) is 0 Å². The fourth-order valence-corrected chi connectivity index (χ4v) is 3.89. The van der Waals surface area contributed by atoms with Gasteiger partial charge in [-0.05, 0) is 57.0 Å². The van der Waals surface area contributed by atoms with Gasteiger partial charge in [0, 0.05) is 25.9 Å². The molecule has 0 aromatic heterocycles. The lowest BCUT2D eigenvalue weighted by Gasteiger charge is -2.35. The highest BCUT2D eigenvalue weighted by molar-refractivity contribution is 4.89. The minimum Gasteiger partial charge on any atom is -0.368 e. The normalized spacial score (nSPS) is 30.3. The van der Waals surface area contributed by atoms with E-state index >= 15 is 0 Å². The Hall–Kier alpha value is -0.260. The molecule has 1 saturated carbocycles. The van der Waals surface area contributed by atoms with Gasteiger partial charge in [-0.3, -0.25) is 0 Å². The number of rotatable bonds is 6. The second-order valence-corrected chi connectivity index (χ2v) is 6.26. The van der Waals surface area contributed by atoms with Gasteiger partial charge in [0.25, 0.3) is 0 Å². The van der Waals surface area contributed by atoms with Crippen LogP contribution in [0.1, 0.15) is 45.4 Å². The molecule has 2 fully saturated rings. The Labute approximate surface area is 120 Å². The third-order valence-electron chi connectivity index (χ3n) is 4.87. The number of piperidine rings is 1. The maximum atomic E-state index is 13.5. The van der Waals surface area contributed by atoms with Gasteiger partial charge in [-0.25, -0.2) is 8.78 Å². The molecular weight excluding hydrogens is 264 g/mol. The van der Waals surface area contributed by atoms with Gasteiger partial charge in [0.1, 0.15) is 0 Å². The molecule has 1 heterocycles. The first-order valence-corrected chi connectivity index (χ1v) is 7.90. The molecule has 5 heteroatoms. The Kier molecular flexibility index (Phi) is 5.75. The fourth-order valence-electron chi connectivity index (χ4n) is 3.89. The first kappa shape index (κ1) is 16.1. The summed E-state index contributed by atoms with van der Waals surface area (Å²) in [7, 11) is 0. The van der Waals surface area contributed by atoms with E-state index in [9.17, 15) is 13.9 Å². The monoisotopic (exact) mass is 291 g/mol. The summed E-state index contributed by atoms with van der Waals surface area (Å²) in [4.78, 5) is 0. The number of halogens is 2. The Morgan fingerprint density at radius 2 is 1.95 bits per heavy atom. The average Bonchev–Trinajstić information content (AvgIpc) is 2.77. The van der Waals surface area contributed by atoms with Crippen molar-refractivity contribution in [3.63, 3.8) is 0 Å². The summed E-state index contributed by atoms with van der Waals surface area (Å²) in [5, 5.41) is 13.2. The van der Waals surface area contributed by atoms with Crippen LogP contribution < -0.4 is 5.32 Å². The maximum absolute atomic E-state index is 13.5. The van der Waals surface area contributed by atoms with Crippen LogP contribution in [0.4, 0.5) is 8.78 Å². The van der Waals surface area contributed by atoms with Crippen molar-refractivity contribution < 1.29 is 18.6 Å². The van der Waals surface area contributed by atoms with Crippen molar-refractivity contribution in [2.75, 3.05) is 19.7 Å². The molecule has 0 aromatic carbocycles. The third kappa shape index (κ3) is 4.37. The summed E-state index contributed by atoms with van der Waals surface area (Å²) in [5.74, 6) is -1.88. The predicted octanol–water partition coefficient (Wildman–Crippen LogP) is 2.78. The zero-order valence-electron chi connectivity index (χ0n) is 12.3. The minimum absolute atomic E-state index is 0.00384. The van der Waals surface area contributed by atoms with E-state index < -0.39 is 12.2 Å². The van der Waals surface area contributed by atoms with E-state index in [1.807, 2.05) is 6.92 Å². The number of hydrogen-bond donors (Lipinski definition) is 2. The molecule has 3 atom stereocenters. The molecule has 2 rings (SSSR count). The molecule has 2 N–H and O–H groups in total. The van der Waals surface area contributed by atoms with E-state index in [1.54, 1.807) is 0 Å². The molecule has 1 saturated heterocycles. The molecule has 118 valence electrons. The lowest BCUT2D eigenvalue weighted by Crippen LogP contribution is -2.36. The van der Waals surface area contributed by atoms with Crippen LogP contribution in [0.15, 0.2) is 0 Å². The first-order valence-electron chi connectivity index (χ1n) is 7.90. The first-order chi connectivity index (χ1) is 9.52. The molecule has 1 aliphatic carbocycles. The summed E-state index contributed by atoms with van der Waals surface area (Å²) < 4.78 is 32.2. The molecule has 3 unspecified atom stereocenters. The maximum Gasteiger partial charge on any atom is 0.248 e. The number of aliphatic hydroxyl groups is 1. The Balaban J connectivity index is 1.99. The van der Waals surface area contributed by atoms with Gasteiger partial charge < -0.3 is 15.2 Å². The van der Waals surface area contributed by atoms with Crippen LogP contribution in [0.25, 0.3) is 0 Å². The molecule has 0 amide bonds. The van der Waals surface area contributed by atoms with Crippen LogP contribution in [0.2, 0.25) is 0 Å². The lowest BCUT2D eigenvalue weighted by molar-refractivity contribution is -0.117. The highest BCUT2D eigenvalue weighted by Crippen LogP contribution is 2.46. The molecule has 0 aromatic rings. The Bertz CT molecular complexity index is 296. The van der Waals surface area contributed by atoms with Crippen molar-refractivity contribution in [3.05, 3.63) is 0 Å². The SMILES string of the molecule is CCOC(O)CC(C1CCNCC1)C1CCC(F)(F)C1. The van der Waals surface area contributed by atoms with Gasteiger partial charge in [-0.1, -0.05) is 0 Å². The zero-order valence-corrected chi connectivity index (χ0v) is 12.3. The quantitative estimate of drug-likeness (QED) is 0.739. The number of alkyl halides is 2. The topological polar surface area (TPSA) is 41.5 Å². The summed E-state index contributed by atoms with van der Waals surface area (Å²) in [6.45, 7) is 4.21. The van der Waals surface area contributed by atoms with Crippen molar-refractivity contribution in [3.8, 4) is 0 Å². The number of hydrogen-bond acceptors (Lipinski definition) is 3. The van der Waals surface area contributed by atoms with E-state index in [0.717, 1.165) is 25.9 Å². The van der Waals surface area contributed by atoms with Crippen LogP contribution in [0.5, 0.6) is 0 Å². The smallest absolute Gasteiger partial charge is 0.248 e. The van der Waals surface area contributed by atoms with Gasteiger partial charge in [0.2, 0.25) is 5.92 Å². The van der Waals surface area contributed by atoms with E-state index in [1.165, 1.54) is 0 Å². The number of aliphatic hydroxyl groups excluding tert-OH is 1. The highest BCUT2D eigenvalue weighted by Gasteiger charge is 2.44. The summed E-state index contributed by atoms with van der Waals surface area (Å²) in [5.41, 5.74) is 0. The van der Waals surface area contributed by atoms with Crippen molar-refractivity contribution in [1.29, 1.82) is 0 Å². The Morgan fingerprint density at radius 3 is 2.50 bits per heavy atom. The van der Waals surface area contributed by atoms with Crippen molar-refractivity contribution in [2.24, 2.45) is 17.8 Å². The summed E-state index contributed by atoms with van der Waals surface area (Å²) >= 11 is 0. The van der Waals surface area contributed by atoms with E-state index in [-0.39, 0.29) is 24.7 Å². The van der Waals surface area contributed by atoms with Crippen LogP contribution in [0.3, 0.4) is 0 Å². The second-order valence-electron chi connectivity index (χ2n) is 6.26. The minimum atomic E-state index is -2.51. The molecule has 0 spiro atoms. The van der Waals surface area contributed by atoms with E-state index in [4.69, 9.17) is 4.74 Å². The number of ether oxygens (including phenoxy) is 1. The zero-order chi connectivity index (χ0) is 14.6. The molecule has 1 aliphatic heterocycles. The average molecular weight is 291 g/mol. The Morgan fingerprint density at radius 1 is 1.25 bits per heavy atom. The molecule has 0 radical (unpaired) electrons. The third-order valence-corrected chi connectivity index (χ3v) is 4.87. The van der Waals surface area contributed by atoms with Crippen LogP contribution in [-0.4, -0.2) is 37.0 Å². The lowest BCUT2D eigenvalue weighted by atomic mass is 9.74. The van der Waals surface area contributed by atoms with Gasteiger partial charge in [-0.2, -0.15) is 0 Å². The molecular formula is C15H27F2NO2. The standard InChI is InChI=1S/C15H27F2NO2/c1-2-20-14(19)9-13(11-4-7-18-8-5-11)12-3-6-15(16,17)10-12/h11-14,18-19H,2-10H2,1H3. The number of nitrogens with one attached hydrogen (secondary N) is 1. The highest BCUT2D eigenvalue weighted by atomic mass is 19.3. The largest absolute Gasteiger partial charge is 0.368 e. The predicted molar refractivity (Wildman–Crippen MR) is 73.6 cm³/mol. The second kappa shape index (κ2) is 7.14. The molecule has 2 aliphatic rings. The van der Waals surface area contributed by atoms with E-state index in [2.05, 4.69) is 5.32 Å². The van der Waals surface area contributed by atoms with Crippen molar-refractivity contribution in [2.45, 2.75) is 57.7 Å². The van der Waals surface area contributed by atoms with Crippen molar-refractivity contribution in [1.82, 2.24) is 5.32 Å². The van der Waals surface area contributed by atoms with Crippen molar-refractivity contribution >= 4 is 0 Å². The van der Waals surface area contributed by atoms with Crippen LogP contribution >= 0.6 is 0 Å². The van der Waals surface area contributed by atoms with E-state index in [0.29, 0.717) is 25.4 Å². The van der Waals surface area contributed by atoms with Gasteiger partial charge in [0.05, 0.1) is 0 Å². The van der Waals surface area contributed by atoms with Crippen LogP contribution in [-0.2, 0) is 4.74 Å². The molecule has 0 bridgehead atoms. The summed E-state index contributed by atoms with van der Waals surface area (Å²) in [6.07, 6.45) is 2.30.